The van der Waals surface area contributed by atoms with Crippen molar-refractivity contribution >= 4 is 17.7 Å². The van der Waals surface area contributed by atoms with Gasteiger partial charge in [-0.3, -0.25) is 9.48 Å². The van der Waals surface area contributed by atoms with Crippen LogP contribution in [0.3, 0.4) is 0 Å². The van der Waals surface area contributed by atoms with Gasteiger partial charge in [-0.25, -0.2) is 4.39 Å². The monoisotopic (exact) mass is 402 g/mol. The van der Waals surface area contributed by atoms with Crippen molar-refractivity contribution in [3.63, 3.8) is 0 Å². The standard InChI is InChI=1S/C21H27FN4OS/c1-2-26-19-7-6-17(23-14-15-4-3-5-16(22)12-15)13-18(19)20(24-26)21(27)25-8-10-28-11-9-25/h3-5,12,17,23H,2,6-11,13-14H2,1H3/t17-/m1/s1. The minimum absolute atomic E-state index is 0.0783. The first-order chi connectivity index (χ1) is 13.7. The van der Waals surface area contributed by atoms with E-state index in [4.69, 9.17) is 5.10 Å². The smallest absolute Gasteiger partial charge is 0.274 e. The summed E-state index contributed by atoms with van der Waals surface area (Å²) in [6, 6.07) is 6.98. The number of carbonyl (C=O) groups is 1. The first kappa shape index (κ1) is 19.5. The first-order valence-electron chi connectivity index (χ1n) is 10.1. The maximum atomic E-state index is 13.4. The maximum absolute atomic E-state index is 13.4. The molecule has 1 saturated heterocycles. The van der Waals surface area contributed by atoms with Gasteiger partial charge in [0.25, 0.3) is 5.91 Å². The molecule has 1 atom stereocenters. The number of aromatic nitrogens is 2. The van der Waals surface area contributed by atoms with E-state index < -0.39 is 0 Å². The average Bonchev–Trinajstić information content (AvgIpc) is 3.10. The van der Waals surface area contributed by atoms with Crippen molar-refractivity contribution < 1.29 is 9.18 Å². The molecule has 1 aromatic heterocycles. The van der Waals surface area contributed by atoms with Crippen LogP contribution >= 0.6 is 11.8 Å². The van der Waals surface area contributed by atoms with E-state index in [1.165, 1.54) is 11.8 Å². The highest BCUT2D eigenvalue weighted by Crippen LogP contribution is 2.27. The molecule has 1 aliphatic carbocycles. The lowest BCUT2D eigenvalue weighted by molar-refractivity contribution is 0.0764. The van der Waals surface area contributed by atoms with Crippen LogP contribution in [0, 0.1) is 5.82 Å². The van der Waals surface area contributed by atoms with E-state index in [1.54, 1.807) is 12.1 Å². The summed E-state index contributed by atoms with van der Waals surface area (Å²) in [6.07, 6.45) is 2.72. The highest BCUT2D eigenvalue weighted by Gasteiger charge is 2.31. The number of halogens is 1. The number of carbonyl (C=O) groups excluding carboxylic acids is 1. The third-order valence-corrected chi connectivity index (χ3v) is 6.57. The van der Waals surface area contributed by atoms with Gasteiger partial charge in [0.05, 0.1) is 0 Å². The number of amides is 1. The number of hydrogen-bond acceptors (Lipinski definition) is 4. The van der Waals surface area contributed by atoms with Crippen LogP contribution in [0.4, 0.5) is 4.39 Å². The Morgan fingerprint density at radius 1 is 1.36 bits per heavy atom. The van der Waals surface area contributed by atoms with Crippen LogP contribution in [0.1, 0.15) is 40.7 Å². The number of aryl methyl sites for hydroxylation is 1. The van der Waals surface area contributed by atoms with Gasteiger partial charge in [-0.1, -0.05) is 12.1 Å². The van der Waals surface area contributed by atoms with Crippen LogP contribution in [0.25, 0.3) is 0 Å². The van der Waals surface area contributed by atoms with Crippen LogP contribution in [-0.2, 0) is 25.9 Å². The molecule has 2 aromatic rings. The minimum atomic E-state index is -0.206. The van der Waals surface area contributed by atoms with Crippen molar-refractivity contribution in [2.24, 2.45) is 0 Å². The molecular formula is C21H27FN4OS. The molecule has 2 aliphatic rings. The van der Waals surface area contributed by atoms with Crippen molar-refractivity contribution in [1.82, 2.24) is 20.0 Å². The Morgan fingerprint density at radius 3 is 2.93 bits per heavy atom. The number of rotatable bonds is 5. The fourth-order valence-corrected chi connectivity index (χ4v) is 5.02. The second kappa shape index (κ2) is 8.66. The Morgan fingerprint density at radius 2 is 2.18 bits per heavy atom. The number of hydrogen-bond donors (Lipinski definition) is 1. The lowest BCUT2D eigenvalue weighted by atomic mass is 9.91. The van der Waals surface area contributed by atoms with Crippen molar-refractivity contribution in [3.05, 3.63) is 52.6 Å². The summed E-state index contributed by atoms with van der Waals surface area (Å²) in [6.45, 7) is 5.10. The maximum Gasteiger partial charge on any atom is 0.274 e. The van der Waals surface area contributed by atoms with E-state index in [0.717, 1.165) is 61.5 Å². The SMILES string of the molecule is CCn1nc(C(=O)N2CCSCC2)c2c1CC[C@@H](NCc1cccc(F)c1)C2. The molecule has 0 bridgehead atoms. The zero-order chi connectivity index (χ0) is 19.5. The predicted molar refractivity (Wildman–Crippen MR) is 110 cm³/mol. The van der Waals surface area contributed by atoms with E-state index in [-0.39, 0.29) is 17.8 Å². The number of nitrogens with one attached hydrogen (secondary N) is 1. The van der Waals surface area contributed by atoms with E-state index in [1.807, 2.05) is 27.4 Å². The molecule has 7 heteroatoms. The fourth-order valence-electron chi connectivity index (χ4n) is 4.12. The largest absolute Gasteiger partial charge is 0.336 e. The Bertz CT molecular complexity index is 847. The van der Waals surface area contributed by atoms with Crippen LogP contribution < -0.4 is 5.32 Å². The van der Waals surface area contributed by atoms with Crippen LogP contribution in [0.2, 0.25) is 0 Å². The van der Waals surface area contributed by atoms with Gasteiger partial charge in [0.1, 0.15) is 5.82 Å². The van der Waals surface area contributed by atoms with E-state index in [9.17, 15) is 9.18 Å². The highest BCUT2D eigenvalue weighted by atomic mass is 32.2. The second-order valence-corrected chi connectivity index (χ2v) is 8.67. The Hall–Kier alpha value is -1.86. The van der Waals surface area contributed by atoms with Crippen molar-refractivity contribution in [2.45, 2.75) is 45.3 Å². The Labute approximate surface area is 169 Å². The van der Waals surface area contributed by atoms with Crippen molar-refractivity contribution in [3.8, 4) is 0 Å². The van der Waals surface area contributed by atoms with Gasteiger partial charge in [0.15, 0.2) is 5.69 Å². The van der Waals surface area contributed by atoms with Crippen molar-refractivity contribution in [1.29, 1.82) is 0 Å². The highest BCUT2D eigenvalue weighted by molar-refractivity contribution is 7.99. The first-order valence-corrected chi connectivity index (χ1v) is 11.2. The summed E-state index contributed by atoms with van der Waals surface area (Å²) in [5, 5.41) is 8.24. The summed E-state index contributed by atoms with van der Waals surface area (Å²) < 4.78 is 15.4. The van der Waals surface area contributed by atoms with Gasteiger partial charge in [-0.2, -0.15) is 16.9 Å². The molecule has 4 rings (SSSR count). The van der Waals surface area contributed by atoms with E-state index >= 15 is 0 Å². The van der Waals surface area contributed by atoms with Gasteiger partial charge < -0.3 is 10.2 Å². The van der Waals surface area contributed by atoms with Gasteiger partial charge in [0.2, 0.25) is 0 Å². The molecule has 5 nitrogen and oxygen atoms in total. The third kappa shape index (κ3) is 4.10. The fraction of sp³-hybridized carbons (Fsp3) is 0.524. The van der Waals surface area contributed by atoms with Crippen LogP contribution in [0.15, 0.2) is 24.3 Å². The van der Waals surface area contributed by atoms with Gasteiger partial charge >= 0.3 is 0 Å². The molecule has 150 valence electrons. The lowest BCUT2D eigenvalue weighted by Crippen LogP contribution is -2.39. The topological polar surface area (TPSA) is 50.2 Å². The molecule has 0 saturated carbocycles. The molecule has 28 heavy (non-hydrogen) atoms. The molecule has 0 spiro atoms. The molecule has 0 radical (unpaired) electrons. The Balaban J connectivity index is 1.50. The zero-order valence-corrected chi connectivity index (χ0v) is 17.1. The molecule has 1 aromatic carbocycles. The van der Waals surface area contributed by atoms with Crippen LogP contribution in [-0.4, -0.2) is 51.2 Å². The summed E-state index contributed by atoms with van der Waals surface area (Å²) in [5.74, 6) is 1.87. The molecule has 1 fully saturated rings. The van der Waals surface area contributed by atoms with E-state index in [2.05, 4.69) is 12.2 Å². The number of nitrogens with zero attached hydrogens (tertiary/aromatic N) is 3. The third-order valence-electron chi connectivity index (χ3n) is 5.63. The summed E-state index contributed by atoms with van der Waals surface area (Å²) in [7, 11) is 0. The molecule has 1 N–H and O–H groups in total. The summed E-state index contributed by atoms with van der Waals surface area (Å²) in [4.78, 5) is 15.1. The van der Waals surface area contributed by atoms with Gasteiger partial charge in [0, 0.05) is 55.0 Å². The minimum Gasteiger partial charge on any atom is -0.336 e. The number of fused-ring (bicyclic) bond motifs is 1. The van der Waals surface area contributed by atoms with Crippen LogP contribution in [0.5, 0.6) is 0 Å². The van der Waals surface area contributed by atoms with Crippen molar-refractivity contribution in [2.75, 3.05) is 24.6 Å². The molecule has 1 aliphatic heterocycles. The van der Waals surface area contributed by atoms with Gasteiger partial charge in [-0.15, -0.1) is 0 Å². The quantitative estimate of drug-likeness (QED) is 0.836. The summed E-state index contributed by atoms with van der Waals surface area (Å²) in [5.41, 5.74) is 3.90. The van der Waals surface area contributed by atoms with E-state index in [0.29, 0.717) is 12.2 Å². The number of benzene rings is 1. The summed E-state index contributed by atoms with van der Waals surface area (Å²) >= 11 is 1.90. The normalized spacial score (nSPS) is 19.5. The van der Waals surface area contributed by atoms with Gasteiger partial charge in [-0.05, 0) is 43.9 Å². The zero-order valence-electron chi connectivity index (χ0n) is 16.3. The lowest BCUT2D eigenvalue weighted by Gasteiger charge is -2.27. The predicted octanol–water partition coefficient (Wildman–Crippen LogP) is 2.88. The molecule has 0 unspecified atom stereocenters. The molecule has 1 amide bonds. The molecule has 2 heterocycles. The number of thioether (sulfide) groups is 1. The molecular weight excluding hydrogens is 375 g/mol. The Kier molecular flexibility index (Phi) is 6.01. The average molecular weight is 403 g/mol. The second-order valence-electron chi connectivity index (χ2n) is 7.44.